The van der Waals surface area contributed by atoms with E-state index in [0.717, 1.165) is 118 Å². The van der Waals surface area contributed by atoms with E-state index in [1.807, 2.05) is 24.8 Å². The summed E-state index contributed by atoms with van der Waals surface area (Å²) >= 11 is 0. The number of aromatic amines is 2. The van der Waals surface area contributed by atoms with Crippen molar-refractivity contribution in [2.75, 3.05) is 0 Å². The first-order chi connectivity index (χ1) is 25.5. The van der Waals surface area contributed by atoms with Crippen molar-refractivity contribution in [3.05, 3.63) is 106 Å². The molecule has 5 aromatic heterocycles. The first-order valence-corrected chi connectivity index (χ1v) is 19.6. The van der Waals surface area contributed by atoms with E-state index in [0.29, 0.717) is 0 Å². The third-order valence-corrected chi connectivity index (χ3v) is 11.2. The Balaban J connectivity index is 1.82. The van der Waals surface area contributed by atoms with Gasteiger partial charge in [0.1, 0.15) is 0 Å². The van der Waals surface area contributed by atoms with Gasteiger partial charge in [-0.1, -0.05) is 55.4 Å². The highest BCUT2D eigenvalue weighted by Crippen LogP contribution is 2.45. The number of allylic oxidation sites excluding steroid dienone is 4. The minimum Gasteiger partial charge on any atom is -0.354 e. The molecule has 0 aliphatic carbocycles. The van der Waals surface area contributed by atoms with Crippen LogP contribution in [0.1, 0.15) is 126 Å². The van der Waals surface area contributed by atoms with Gasteiger partial charge in [0.15, 0.2) is 0 Å². The zero-order valence-corrected chi connectivity index (χ0v) is 32.2. The standard InChI is InChI=1S/C46H52N6/c1-9-29-33(13-5)43-41(27-17-21-47-22-18-27)44-35(15-7)31(11-3)39(51-44)26-40-32(12-4)36(16-8)46(52-40)42(28-19-23-48-24-20-28)45-34(14-6)30(10-2)38(50-45)25-37(29)49-43/h17-26,49-50H,9-16H2,1-8H3. The lowest BCUT2D eigenvalue weighted by Gasteiger charge is -2.10. The number of nitrogens with one attached hydrogen (secondary N) is 2. The maximum absolute atomic E-state index is 5.61. The number of nitrogens with zero attached hydrogens (tertiary/aromatic N) is 4. The van der Waals surface area contributed by atoms with Crippen LogP contribution in [0, 0.1) is 0 Å². The van der Waals surface area contributed by atoms with Crippen molar-refractivity contribution in [1.82, 2.24) is 29.9 Å². The van der Waals surface area contributed by atoms with Gasteiger partial charge < -0.3 is 9.97 Å². The zero-order chi connectivity index (χ0) is 36.5. The molecule has 8 bridgehead atoms. The van der Waals surface area contributed by atoms with Crippen LogP contribution >= 0.6 is 0 Å². The molecule has 0 amide bonds. The molecule has 2 N–H and O–H groups in total. The zero-order valence-electron chi connectivity index (χ0n) is 32.2. The van der Waals surface area contributed by atoms with Crippen LogP contribution in [-0.4, -0.2) is 29.9 Å². The van der Waals surface area contributed by atoms with Gasteiger partial charge in [-0.25, -0.2) is 9.97 Å². The summed E-state index contributed by atoms with van der Waals surface area (Å²) in [5.74, 6) is 0. The lowest BCUT2D eigenvalue weighted by Crippen LogP contribution is -1.93. The van der Waals surface area contributed by atoms with E-state index in [1.54, 1.807) is 0 Å². The third-order valence-electron chi connectivity index (χ3n) is 11.2. The number of H-pyrrole nitrogens is 2. The van der Waals surface area contributed by atoms with Crippen molar-refractivity contribution in [3.63, 3.8) is 0 Å². The van der Waals surface area contributed by atoms with Gasteiger partial charge in [0, 0.05) is 46.9 Å². The summed E-state index contributed by atoms with van der Waals surface area (Å²) in [6, 6.07) is 13.2. The van der Waals surface area contributed by atoms with Crippen LogP contribution in [-0.2, 0) is 25.7 Å². The van der Waals surface area contributed by atoms with Gasteiger partial charge in [0.05, 0.1) is 33.8 Å². The molecule has 0 saturated carbocycles. The molecule has 0 atom stereocenters. The highest BCUT2D eigenvalue weighted by atomic mass is 14.8. The van der Waals surface area contributed by atoms with E-state index in [9.17, 15) is 0 Å². The lowest BCUT2D eigenvalue weighted by molar-refractivity contribution is 1.07. The van der Waals surface area contributed by atoms with Gasteiger partial charge in [-0.05, 0) is 143 Å². The largest absolute Gasteiger partial charge is 0.354 e. The molecule has 0 radical (unpaired) electrons. The third kappa shape index (κ3) is 5.73. The second kappa shape index (κ2) is 14.9. The maximum atomic E-state index is 5.61. The summed E-state index contributed by atoms with van der Waals surface area (Å²) in [6.07, 6.45) is 14.8. The summed E-state index contributed by atoms with van der Waals surface area (Å²) in [7, 11) is 0. The average Bonchev–Trinajstić information content (AvgIpc) is 3.92. The van der Waals surface area contributed by atoms with Crippen molar-refractivity contribution < 1.29 is 0 Å². The second-order valence-corrected chi connectivity index (χ2v) is 13.7. The number of fused-ring (bicyclic) bond motifs is 8. The second-order valence-electron chi connectivity index (χ2n) is 13.7. The molecule has 5 aromatic rings. The Bertz CT molecular complexity index is 2210. The molecule has 0 fully saturated rings. The fourth-order valence-electron chi connectivity index (χ4n) is 8.88. The van der Waals surface area contributed by atoms with Crippen LogP contribution in [0.4, 0.5) is 0 Å². The van der Waals surface area contributed by atoms with Crippen LogP contribution in [0.25, 0.3) is 66.6 Å². The van der Waals surface area contributed by atoms with Crippen molar-refractivity contribution in [2.45, 2.75) is 107 Å². The van der Waals surface area contributed by atoms with E-state index in [1.165, 1.54) is 44.5 Å². The molecule has 6 nitrogen and oxygen atoms in total. The van der Waals surface area contributed by atoms with Crippen LogP contribution < -0.4 is 0 Å². The monoisotopic (exact) mass is 688 g/mol. The Morgan fingerprint density at radius 1 is 0.423 bits per heavy atom. The molecule has 0 saturated heterocycles. The first-order valence-electron chi connectivity index (χ1n) is 19.6. The molecular weight excluding hydrogens is 637 g/mol. The number of aryl methyl sites for hydroxylation is 4. The molecule has 2 aliphatic rings. The maximum Gasteiger partial charge on any atom is 0.0771 e. The highest BCUT2D eigenvalue weighted by Gasteiger charge is 2.28. The van der Waals surface area contributed by atoms with E-state index in [4.69, 9.17) is 9.97 Å². The van der Waals surface area contributed by atoms with Crippen molar-refractivity contribution in [2.24, 2.45) is 0 Å². The molecule has 6 heteroatoms. The molecule has 7 rings (SSSR count). The topological polar surface area (TPSA) is 83.1 Å². The molecule has 52 heavy (non-hydrogen) atoms. The van der Waals surface area contributed by atoms with E-state index < -0.39 is 0 Å². The predicted octanol–water partition coefficient (Wildman–Crippen LogP) is 12.1. The minimum absolute atomic E-state index is 0.890. The SMILES string of the molecule is CCC1=C(CC)c2nc1cc1nc(c(-c3ccncc3)c3[nH]c(cc4[nH]c(c(CC)c4CC)c2-c2ccncc2)c(CC)c3CC)C(CC)=C1CC. The first kappa shape index (κ1) is 35.3. The number of rotatable bonds is 10. The fraction of sp³-hybridized carbons (Fsp3) is 0.348. The number of hydrogen-bond donors (Lipinski definition) is 2. The summed E-state index contributed by atoms with van der Waals surface area (Å²) < 4.78 is 0. The van der Waals surface area contributed by atoms with Gasteiger partial charge >= 0.3 is 0 Å². The molecule has 0 spiro atoms. The summed E-state index contributed by atoms with van der Waals surface area (Å²) in [6.45, 7) is 18.2. The predicted molar refractivity (Wildman–Crippen MR) is 220 cm³/mol. The van der Waals surface area contributed by atoms with Crippen molar-refractivity contribution in [1.29, 1.82) is 0 Å². The van der Waals surface area contributed by atoms with Crippen LogP contribution in [0.5, 0.6) is 0 Å². The van der Waals surface area contributed by atoms with Gasteiger partial charge in [0.2, 0.25) is 0 Å². The normalized spacial score (nSPS) is 13.1. The number of pyridine rings is 2. The van der Waals surface area contributed by atoms with Crippen molar-refractivity contribution in [3.8, 4) is 22.3 Å². The molecule has 7 heterocycles. The van der Waals surface area contributed by atoms with Gasteiger partial charge in [-0.2, -0.15) is 0 Å². The Morgan fingerprint density at radius 3 is 1.12 bits per heavy atom. The van der Waals surface area contributed by atoms with Gasteiger partial charge in [-0.15, -0.1) is 0 Å². The Hall–Kier alpha value is -5.10. The molecule has 266 valence electrons. The van der Waals surface area contributed by atoms with Crippen LogP contribution in [0.2, 0.25) is 0 Å². The van der Waals surface area contributed by atoms with Crippen LogP contribution in [0.3, 0.4) is 0 Å². The highest BCUT2D eigenvalue weighted by molar-refractivity contribution is 6.04. The Kier molecular flexibility index (Phi) is 10.1. The Labute approximate surface area is 308 Å². The number of hydrogen-bond acceptors (Lipinski definition) is 4. The quantitative estimate of drug-likeness (QED) is 0.153. The molecule has 0 aromatic carbocycles. The average molecular weight is 689 g/mol. The lowest BCUT2D eigenvalue weighted by atomic mass is 9.92. The molecule has 2 aliphatic heterocycles. The smallest absolute Gasteiger partial charge is 0.0771 e. The van der Waals surface area contributed by atoms with E-state index in [2.05, 4.69) is 112 Å². The van der Waals surface area contributed by atoms with Gasteiger partial charge in [0.25, 0.3) is 0 Å². The van der Waals surface area contributed by atoms with Crippen LogP contribution in [0.15, 0.2) is 61.2 Å². The molecular formula is C46H52N6. The van der Waals surface area contributed by atoms with E-state index in [-0.39, 0.29) is 0 Å². The fourth-order valence-corrected chi connectivity index (χ4v) is 8.88. The Morgan fingerprint density at radius 2 is 0.788 bits per heavy atom. The summed E-state index contributed by atoms with van der Waals surface area (Å²) in [5, 5.41) is 0. The van der Waals surface area contributed by atoms with E-state index >= 15 is 0 Å². The summed E-state index contributed by atoms with van der Waals surface area (Å²) in [5.41, 5.74) is 24.0. The summed E-state index contributed by atoms with van der Waals surface area (Å²) in [4.78, 5) is 28.1. The van der Waals surface area contributed by atoms with Crippen molar-refractivity contribution >= 4 is 44.4 Å². The number of aromatic nitrogens is 6. The molecule has 0 unspecified atom stereocenters. The van der Waals surface area contributed by atoms with Gasteiger partial charge in [-0.3, -0.25) is 9.97 Å². The minimum atomic E-state index is 0.890.